The number of nitrogens with one attached hydrogen (secondary N) is 1. The van der Waals surface area contributed by atoms with Gasteiger partial charge in [0.1, 0.15) is 11.5 Å². The average Bonchev–Trinajstić information content (AvgIpc) is 2.72. The van der Waals surface area contributed by atoms with Gasteiger partial charge in [0, 0.05) is 17.2 Å². The van der Waals surface area contributed by atoms with Crippen molar-refractivity contribution in [1.29, 1.82) is 0 Å². The first kappa shape index (κ1) is 21.1. The fourth-order valence-corrected chi connectivity index (χ4v) is 2.48. The van der Waals surface area contributed by atoms with Gasteiger partial charge in [0.2, 0.25) is 0 Å². The Morgan fingerprint density at radius 3 is 2.07 bits per heavy atom. The van der Waals surface area contributed by atoms with Gasteiger partial charge in [0.15, 0.2) is 11.5 Å². The maximum Gasteiger partial charge on any atom is 0.271 e. The highest BCUT2D eigenvalue weighted by Gasteiger charge is 2.11. The summed E-state index contributed by atoms with van der Waals surface area (Å²) < 4.78 is 21.6. The Labute approximate surface area is 165 Å². The average molecular weight is 386 g/mol. The van der Waals surface area contributed by atoms with Crippen molar-refractivity contribution in [3.63, 3.8) is 0 Å². The Hall–Kier alpha value is -3.22. The van der Waals surface area contributed by atoms with Crippen molar-refractivity contribution in [2.24, 2.45) is 5.10 Å². The Balaban J connectivity index is 2.19. The maximum atomic E-state index is 12.5. The lowest BCUT2D eigenvalue weighted by Crippen LogP contribution is -2.19. The molecule has 0 heterocycles. The van der Waals surface area contributed by atoms with Crippen LogP contribution in [0.25, 0.3) is 0 Å². The van der Waals surface area contributed by atoms with Gasteiger partial charge in [-0.3, -0.25) is 4.79 Å². The minimum atomic E-state index is -0.368. The quantitative estimate of drug-likeness (QED) is 0.526. The van der Waals surface area contributed by atoms with Crippen molar-refractivity contribution in [2.75, 3.05) is 27.4 Å². The lowest BCUT2D eigenvalue weighted by molar-refractivity contribution is 0.0954. The van der Waals surface area contributed by atoms with E-state index in [9.17, 15) is 4.79 Å². The zero-order valence-electron chi connectivity index (χ0n) is 16.9. The van der Waals surface area contributed by atoms with E-state index >= 15 is 0 Å². The first-order valence-electron chi connectivity index (χ1n) is 9.00. The number of methoxy groups -OCH3 is 2. The molecular weight excluding hydrogens is 360 g/mol. The highest BCUT2D eigenvalue weighted by molar-refractivity contribution is 6.01. The molecule has 150 valence electrons. The summed E-state index contributed by atoms with van der Waals surface area (Å²) in [5, 5.41) is 4.20. The molecule has 0 bridgehead atoms. The molecule has 2 rings (SSSR count). The zero-order chi connectivity index (χ0) is 20.5. The van der Waals surface area contributed by atoms with E-state index in [1.54, 1.807) is 25.1 Å². The number of hydrogen-bond donors (Lipinski definition) is 1. The molecule has 0 saturated carbocycles. The van der Waals surface area contributed by atoms with Crippen molar-refractivity contribution < 1.29 is 23.7 Å². The van der Waals surface area contributed by atoms with Gasteiger partial charge < -0.3 is 18.9 Å². The lowest BCUT2D eigenvalue weighted by atomic mass is 10.1. The van der Waals surface area contributed by atoms with Crippen LogP contribution in [0.5, 0.6) is 23.0 Å². The SMILES string of the molecule is CCOc1ccc(/C(C)=N\NC(=O)c2cc(OC)cc(OC)c2)cc1OCC. The predicted octanol–water partition coefficient (Wildman–Crippen LogP) is 3.66. The molecule has 0 fully saturated rings. The van der Waals surface area contributed by atoms with Crippen LogP contribution in [-0.4, -0.2) is 39.1 Å². The second-order valence-electron chi connectivity index (χ2n) is 5.77. The molecular formula is C21H26N2O5. The minimum Gasteiger partial charge on any atom is -0.497 e. The van der Waals surface area contributed by atoms with Gasteiger partial charge in [-0.05, 0) is 51.1 Å². The molecule has 0 aliphatic heterocycles. The van der Waals surface area contributed by atoms with E-state index in [1.165, 1.54) is 14.2 Å². The van der Waals surface area contributed by atoms with E-state index in [2.05, 4.69) is 10.5 Å². The molecule has 0 unspecified atom stereocenters. The molecule has 0 aromatic heterocycles. The van der Waals surface area contributed by atoms with Crippen molar-refractivity contribution in [2.45, 2.75) is 20.8 Å². The lowest BCUT2D eigenvalue weighted by Gasteiger charge is -2.12. The first-order chi connectivity index (χ1) is 13.5. The van der Waals surface area contributed by atoms with Crippen LogP contribution in [0.15, 0.2) is 41.5 Å². The fraction of sp³-hybridized carbons (Fsp3) is 0.333. The second kappa shape index (κ2) is 10.2. The Kier molecular flexibility index (Phi) is 7.68. The smallest absolute Gasteiger partial charge is 0.271 e. The number of hydrazone groups is 1. The Morgan fingerprint density at radius 2 is 1.50 bits per heavy atom. The van der Waals surface area contributed by atoms with E-state index in [1.807, 2.05) is 32.0 Å². The van der Waals surface area contributed by atoms with E-state index in [0.29, 0.717) is 47.5 Å². The van der Waals surface area contributed by atoms with Crippen molar-refractivity contribution in [3.8, 4) is 23.0 Å². The van der Waals surface area contributed by atoms with Crippen LogP contribution in [-0.2, 0) is 0 Å². The number of carbonyl (C=O) groups is 1. The summed E-state index contributed by atoms with van der Waals surface area (Å²) in [6, 6.07) is 10.5. The third kappa shape index (κ3) is 5.39. The van der Waals surface area contributed by atoms with E-state index in [0.717, 1.165) is 5.56 Å². The number of nitrogens with zero attached hydrogens (tertiary/aromatic N) is 1. The van der Waals surface area contributed by atoms with E-state index in [4.69, 9.17) is 18.9 Å². The normalized spacial score (nSPS) is 11.0. The molecule has 0 aliphatic rings. The van der Waals surface area contributed by atoms with Crippen molar-refractivity contribution in [1.82, 2.24) is 5.43 Å². The monoisotopic (exact) mass is 386 g/mol. The maximum absolute atomic E-state index is 12.5. The number of amides is 1. The number of carbonyl (C=O) groups excluding carboxylic acids is 1. The molecule has 0 atom stereocenters. The van der Waals surface area contributed by atoms with Crippen LogP contribution in [0.1, 0.15) is 36.7 Å². The van der Waals surface area contributed by atoms with Gasteiger partial charge in [0.25, 0.3) is 5.91 Å². The largest absolute Gasteiger partial charge is 0.497 e. The van der Waals surface area contributed by atoms with Gasteiger partial charge in [-0.25, -0.2) is 5.43 Å². The summed E-state index contributed by atoms with van der Waals surface area (Å²) in [7, 11) is 3.06. The standard InChI is InChI=1S/C21H26N2O5/c1-6-27-19-9-8-15(12-20(19)28-7-2)14(3)22-23-21(24)16-10-17(25-4)13-18(11-16)26-5/h8-13H,6-7H2,1-5H3,(H,23,24)/b22-14-. The fourth-order valence-electron chi connectivity index (χ4n) is 2.48. The van der Waals surface area contributed by atoms with E-state index in [-0.39, 0.29) is 5.91 Å². The summed E-state index contributed by atoms with van der Waals surface area (Å²) in [4.78, 5) is 12.5. The van der Waals surface area contributed by atoms with Crippen LogP contribution < -0.4 is 24.4 Å². The molecule has 0 radical (unpaired) electrons. The summed E-state index contributed by atoms with van der Waals surface area (Å²) in [5.41, 5.74) is 4.39. The Morgan fingerprint density at radius 1 is 0.893 bits per heavy atom. The highest BCUT2D eigenvalue weighted by Crippen LogP contribution is 2.29. The molecule has 1 N–H and O–H groups in total. The predicted molar refractivity (Wildman–Crippen MR) is 108 cm³/mol. The van der Waals surface area contributed by atoms with Crippen LogP contribution in [0, 0.1) is 0 Å². The van der Waals surface area contributed by atoms with Crippen LogP contribution in [0.3, 0.4) is 0 Å². The van der Waals surface area contributed by atoms with Gasteiger partial charge in [-0.15, -0.1) is 0 Å². The molecule has 7 nitrogen and oxygen atoms in total. The Bertz CT molecular complexity index is 826. The number of hydrogen-bond acceptors (Lipinski definition) is 6. The summed E-state index contributed by atoms with van der Waals surface area (Å²) in [5.74, 6) is 2.00. The summed E-state index contributed by atoms with van der Waals surface area (Å²) in [6.07, 6.45) is 0. The number of benzene rings is 2. The number of rotatable bonds is 9. The third-order valence-electron chi connectivity index (χ3n) is 3.90. The molecule has 2 aromatic carbocycles. The van der Waals surface area contributed by atoms with Gasteiger partial charge in [0.05, 0.1) is 33.1 Å². The summed E-state index contributed by atoms with van der Waals surface area (Å²) in [6.45, 7) is 6.70. The van der Waals surface area contributed by atoms with Gasteiger partial charge in [-0.1, -0.05) is 0 Å². The van der Waals surface area contributed by atoms with Crippen LogP contribution >= 0.6 is 0 Å². The van der Waals surface area contributed by atoms with Crippen LogP contribution in [0.4, 0.5) is 0 Å². The first-order valence-corrected chi connectivity index (χ1v) is 9.00. The van der Waals surface area contributed by atoms with E-state index < -0.39 is 0 Å². The third-order valence-corrected chi connectivity index (χ3v) is 3.90. The molecule has 0 spiro atoms. The van der Waals surface area contributed by atoms with Gasteiger partial charge >= 0.3 is 0 Å². The minimum absolute atomic E-state index is 0.368. The topological polar surface area (TPSA) is 78.4 Å². The highest BCUT2D eigenvalue weighted by atomic mass is 16.5. The second-order valence-corrected chi connectivity index (χ2v) is 5.77. The zero-order valence-corrected chi connectivity index (χ0v) is 16.9. The summed E-state index contributed by atoms with van der Waals surface area (Å²) >= 11 is 0. The molecule has 1 amide bonds. The molecule has 28 heavy (non-hydrogen) atoms. The van der Waals surface area contributed by atoms with Crippen molar-refractivity contribution in [3.05, 3.63) is 47.5 Å². The molecule has 0 aliphatic carbocycles. The van der Waals surface area contributed by atoms with Crippen LogP contribution in [0.2, 0.25) is 0 Å². The molecule has 0 saturated heterocycles. The van der Waals surface area contributed by atoms with Crippen molar-refractivity contribution >= 4 is 11.6 Å². The number of ether oxygens (including phenoxy) is 4. The molecule has 2 aromatic rings. The van der Waals surface area contributed by atoms with Gasteiger partial charge in [-0.2, -0.15) is 5.10 Å². The molecule has 7 heteroatoms.